The van der Waals surface area contributed by atoms with E-state index in [1.807, 2.05) is 49.4 Å². The van der Waals surface area contributed by atoms with Crippen molar-refractivity contribution >= 4 is 39.3 Å². The lowest BCUT2D eigenvalue weighted by atomic mass is 10.0. The third-order valence-corrected chi connectivity index (χ3v) is 6.49. The number of ether oxygens (including phenoxy) is 1. The summed E-state index contributed by atoms with van der Waals surface area (Å²) in [6, 6.07) is 13.0. The van der Waals surface area contributed by atoms with Gasteiger partial charge < -0.3 is 4.74 Å². The Bertz CT molecular complexity index is 1260. The second kappa shape index (κ2) is 9.30. The molecular weight excluding hydrogens is 492 g/mol. The van der Waals surface area contributed by atoms with E-state index in [4.69, 9.17) is 9.84 Å². The number of carbonyl (C=O) groups excluding carboxylic acids is 1. The van der Waals surface area contributed by atoms with Gasteiger partial charge in [-0.05, 0) is 35.0 Å². The van der Waals surface area contributed by atoms with E-state index in [2.05, 4.69) is 27.5 Å². The number of anilines is 1. The molecule has 9 heteroatoms. The molecule has 7 nitrogen and oxygen atoms in total. The molecule has 0 spiro atoms. The highest BCUT2D eigenvalue weighted by atomic mass is 79.9. The molecular formula is C23H22BrN4O3S+. The first kappa shape index (κ1) is 22.3. The fourth-order valence-electron chi connectivity index (χ4n) is 3.80. The number of thioether (sulfide) groups is 1. The number of halogens is 1. The lowest BCUT2D eigenvalue weighted by Crippen LogP contribution is -2.61. The van der Waals surface area contributed by atoms with Crippen LogP contribution in [0.15, 0.2) is 69.5 Å². The summed E-state index contributed by atoms with van der Waals surface area (Å²) in [6.45, 7) is 5.55. The van der Waals surface area contributed by atoms with Gasteiger partial charge in [-0.3, -0.25) is 14.6 Å². The summed E-state index contributed by atoms with van der Waals surface area (Å²) in [6.07, 6.45) is 1.33. The van der Waals surface area contributed by atoms with Crippen molar-refractivity contribution in [1.82, 2.24) is 10.1 Å². The van der Waals surface area contributed by atoms with E-state index in [0.29, 0.717) is 39.2 Å². The topological polar surface area (TPSA) is 79.2 Å². The maximum atomic E-state index is 13.3. The van der Waals surface area contributed by atoms with Gasteiger partial charge in [0.15, 0.2) is 0 Å². The van der Waals surface area contributed by atoms with Crippen LogP contribution in [0.25, 0.3) is 11.3 Å². The summed E-state index contributed by atoms with van der Waals surface area (Å²) in [5, 5.41) is 5.20. The van der Waals surface area contributed by atoms with Crippen LogP contribution < -0.4 is 19.9 Å². The van der Waals surface area contributed by atoms with E-state index in [9.17, 15) is 9.59 Å². The number of nitrogens with zero attached hydrogens (tertiary/aromatic N) is 3. The minimum atomic E-state index is -0.704. The molecule has 32 heavy (non-hydrogen) atoms. The van der Waals surface area contributed by atoms with Gasteiger partial charge in [0.25, 0.3) is 6.17 Å². The highest BCUT2D eigenvalue weighted by molar-refractivity contribution is 9.10. The second-order valence-corrected chi connectivity index (χ2v) is 8.97. The Balaban J connectivity index is 2.08. The third kappa shape index (κ3) is 3.86. The highest BCUT2D eigenvalue weighted by Crippen LogP contribution is 2.40. The molecule has 1 atom stereocenters. The Labute approximate surface area is 198 Å². The first-order valence-electron chi connectivity index (χ1n) is 10.0. The van der Waals surface area contributed by atoms with Crippen molar-refractivity contribution < 1.29 is 14.2 Å². The van der Waals surface area contributed by atoms with Gasteiger partial charge in [0.05, 0.1) is 23.9 Å². The fraction of sp³-hybridized carbons (Fsp3) is 0.217. The van der Waals surface area contributed by atoms with Gasteiger partial charge >= 0.3 is 11.3 Å². The van der Waals surface area contributed by atoms with Crippen LogP contribution in [0.5, 0.6) is 5.75 Å². The van der Waals surface area contributed by atoms with Crippen molar-refractivity contribution in [3.8, 4) is 17.0 Å². The number of rotatable bonds is 6. The summed E-state index contributed by atoms with van der Waals surface area (Å²) in [5.74, 6) is 1.08. The number of benzene rings is 2. The molecule has 0 bridgehead atoms. The lowest BCUT2D eigenvalue weighted by molar-refractivity contribution is -0.763. The average Bonchev–Trinajstić information content (AvgIpc) is 2.81. The molecule has 0 unspecified atom stereocenters. The number of H-pyrrole nitrogens is 1. The van der Waals surface area contributed by atoms with E-state index < -0.39 is 6.17 Å². The number of hydrogen-bond donors (Lipinski definition) is 1. The number of aromatic amines is 1. The van der Waals surface area contributed by atoms with E-state index >= 15 is 0 Å². The van der Waals surface area contributed by atoms with Crippen LogP contribution in [0.4, 0.5) is 5.69 Å². The molecule has 3 aromatic rings. The predicted molar refractivity (Wildman–Crippen MR) is 128 cm³/mol. The maximum Gasteiger partial charge on any atom is 0.325 e. The molecule has 164 valence electrons. The Morgan fingerprint density at radius 1 is 1.38 bits per heavy atom. The van der Waals surface area contributed by atoms with E-state index in [-0.39, 0.29) is 17.9 Å². The second-order valence-electron chi connectivity index (χ2n) is 7.05. The van der Waals surface area contributed by atoms with Crippen LogP contribution in [0.3, 0.4) is 0 Å². The van der Waals surface area contributed by atoms with Gasteiger partial charge in [-0.1, -0.05) is 52.8 Å². The fourth-order valence-corrected chi connectivity index (χ4v) is 4.77. The third-order valence-electron chi connectivity index (χ3n) is 5.14. The van der Waals surface area contributed by atoms with Crippen LogP contribution >= 0.6 is 27.7 Å². The molecule has 0 saturated carbocycles. The summed E-state index contributed by atoms with van der Waals surface area (Å²) in [4.78, 5) is 31.1. The predicted octanol–water partition coefficient (Wildman–Crippen LogP) is 4.08. The van der Waals surface area contributed by atoms with Crippen LogP contribution in [0.2, 0.25) is 0 Å². The number of hydrogen-bond acceptors (Lipinski definition) is 5. The van der Waals surface area contributed by atoms with Crippen molar-refractivity contribution in [2.75, 3.05) is 17.8 Å². The molecule has 0 aliphatic carbocycles. The van der Waals surface area contributed by atoms with Crippen molar-refractivity contribution in [2.45, 2.75) is 24.7 Å². The standard InChI is InChI=1S/C23H21BrN4O3S/c1-4-12-32-23-25-21(30)20-15-8-6-7-9-17(15)27(19(29)5-2)22(28(20)26-23)16-13-14(24)10-11-18(16)31-3/h4,6-11,13,22H,1,5,12H2,2-3H3/p+1/t22-/m0/s1. The largest absolute Gasteiger partial charge is 0.496 e. The molecule has 0 radical (unpaired) electrons. The summed E-state index contributed by atoms with van der Waals surface area (Å²) in [5.41, 5.74) is 2.12. The number of nitrogens with one attached hydrogen (secondary N) is 1. The van der Waals surface area contributed by atoms with Crippen molar-refractivity contribution in [1.29, 1.82) is 0 Å². The normalized spacial score (nSPS) is 14.5. The molecule has 1 aliphatic heterocycles. The Kier molecular flexibility index (Phi) is 6.48. The van der Waals surface area contributed by atoms with Crippen molar-refractivity contribution in [3.05, 3.63) is 75.5 Å². The highest BCUT2D eigenvalue weighted by Gasteiger charge is 2.46. The molecule has 2 aromatic carbocycles. The van der Waals surface area contributed by atoms with Crippen LogP contribution in [0, 0.1) is 0 Å². The molecule has 1 amide bonds. The Morgan fingerprint density at radius 2 is 2.16 bits per heavy atom. The Morgan fingerprint density at radius 3 is 2.88 bits per heavy atom. The van der Waals surface area contributed by atoms with Gasteiger partial charge in [0.1, 0.15) is 5.75 Å². The monoisotopic (exact) mass is 513 g/mol. The molecule has 2 heterocycles. The quantitative estimate of drug-likeness (QED) is 0.305. The minimum Gasteiger partial charge on any atom is -0.496 e. The van der Waals surface area contributed by atoms with Gasteiger partial charge in [0, 0.05) is 21.7 Å². The maximum absolute atomic E-state index is 13.3. The zero-order chi connectivity index (χ0) is 22.8. The smallest absolute Gasteiger partial charge is 0.325 e. The van der Waals surface area contributed by atoms with Gasteiger partial charge in [-0.2, -0.15) is 0 Å². The summed E-state index contributed by atoms with van der Waals surface area (Å²) in [7, 11) is 1.58. The van der Waals surface area contributed by atoms with Gasteiger partial charge in [0.2, 0.25) is 11.1 Å². The first-order valence-corrected chi connectivity index (χ1v) is 11.8. The molecule has 0 fully saturated rings. The molecule has 0 saturated heterocycles. The Hall–Kier alpha value is -2.91. The van der Waals surface area contributed by atoms with E-state index in [1.165, 1.54) is 11.8 Å². The van der Waals surface area contributed by atoms with Crippen molar-refractivity contribution in [3.63, 3.8) is 0 Å². The zero-order valence-electron chi connectivity index (χ0n) is 17.7. The lowest BCUT2D eigenvalue weighted by Gasteiger charge is -2.32. The first-order chi connectivity index (χ1) is 15.5. The van der Waals surface area contributed by atoms with Crippen LogP contribution in [-0.4, -0.2) is 28.9 Å². The van der Waals surface area contributed by atoms with Crippen LogP contribution in [-0.2, 0) is 4.79 Å². The number of amides is 1. The average molecular weight is 514 g/mol. The minimum absolute atomic E-state index is 0.0926. The molecule has 1 aromatic heterocycles. The number of para-hydroxylation sites is 1. The molecule has 1 N–H and O–H groups in total. The number of carbonyl (C=O) groups is 1. The van der Waals surface area contributed by atoms with E-state index in [1.54, 1.807) is 22.8 Å². The summed E-state index contributed by atoms with van der Waals surface area (Å²) < 4.78 is 8.09. The number of methoxy groups -OCH3 is 1. The number of fused-ring (bicyclic) bond motifs is 3. The molecule has 1 aliphatic rings. The zero-order valence-corrected chi connectivity index (χ0v) is 20.1. The number of aromatic nitrogens is 3. The van der Waals surface area contributed by atoms with E-state index in [0.717, 1.165) is 4.47 Å². The van der Waals surface area contributed by atoms with Gasteiger partial charge in [-0.15, -0.1) is 6.58 Å². The summed E-state index contributed by atoms with van der Waals surface area (Å²) >= 11 is 4.89. The SMILES string of the molecule is C=CCSc1n[n+]2c(c(=O)[nH]1)-c1ccccc1N(C(=O)CC)[C@@H]2c1cc(Br)ccc1OC. The molecule has 4 rings (SSSR count). The van der Waals surface area contributed by atoms with Crippen molar-refractivity contribution in [2.24, 2.45) is 0 Å². The van der Waals surface area contributed by atoms with Gasteiger partial charge in [-0.25, -0.2) is 4.90 Å². The van der Waals surface area contributed by atoms with Crippen LogP contribution in [0.1, 0.15) is 25.1 Å².